The summed E-state index contributed by atoms with van der Waals surface area (Å²) in [6, 6.07) is 7.76. The Bertz CT molecular complexity index is 1430. The summed E-state index contributed by atoms with van der Waals surface area (Å²) in [6.45, 7) is 8.85. The average molecular weight is 580 g/mol. The fraction of sp³-hybridized carbons (Fsp3) is 0.333. The number of nitrogens with zero attached hydrogens (tertiary/aromatic N) is 4. The summed E-state index contributed by atoms with van der Waals surface area (Å²) in [5.41, 5.74) is -0.641. The largest absolute Gasteiger partial charge is 0.471 e. The van der Waals surface area contributed by atoms with Crippen LogP contribution in [0, 0.1) is 10.1 Å². The molecule has 10 nitrogen and oxygen atoms in total. The van der Waals surface area contributed by atoms with E-state index in [1.807, 2.05) is 20.8 Å². The minimum Gasteiger partial charge on any atom is -0.471 e. The summed E-state index contributed by atoms with van der Waals surface area (Å²) in [5, 5.41) is 16.3. The molecule has 36 heavy (non-hydrogen) atoms. The molecule has 0 spiro atoms. The van der Waals surface area contributed by atoms with Crippen LogP contribution in [0.3, 0.4) is 0 Å². The van der Waals surface area contributed by atoms with Crippen molar-refractivity contribution in [3.63, 3.8) is 0 Å². The number of nitro benzene ring substituents is 1. The van der Waals surface area contributed by atoms with Crippen molar-refractivity contribution in [1.82, 2.24) is 9.66 Å². The SMILES string of the molecule is CCOC(=O)[C@@H](C)Oc1c(Cl)cc(C=Nn2c(C(C)(C)C)nc3ccc(Br)cc3c2=O)cc1[N+](=O)[O-]. The Morgan fingerprint density at radius 2 is 2.03 bits per heavy atom. The van der Waals surface area contributed by atoms with Gasteiger partial charge in [-0.3, -0.25) is 14.9 Å². The number of aromatic nitrogens is 2. The highest BCUT2D eigenvalue weighted by atomic mass is 79.9. The van der Waals surface area contributed by atoms with Crippen molar-refractivity contribution >= 4 is 56.3 Å². The number of ether oxygens (including phenoxy) is 2. The Balaban J connectivity index is 2.10. The number of benzene rings is 2. The van der Waals surface area contributed by atoms with Crippen LogP contribution in [-0.2, 0) is 14.9 Å². The van der Waals surface area contributed by atoms with Crippen LogP contribution in [0.25, 0.3) is 10.9 Å². The van der Waals surface area contributed by atoms with E-state index < -0.39 is 33.7 Å². The first-order valence-electron chi connectivity index (χ1n) is 10.9. The van der Waals surface area contributed by atoms with Gasteiger partial charge >= 0.3 is 11.7 Å². The fourth-order valence-corrected chi connectivity index (χ4v) is 3.90. The van der Waals surface area contributed by atoms with Gasteiger partial charge in [-0.05, 0) is 38.1 Å². The summed E-state index contributed by atoms with van der Waals surface area (Å²) in [7, 11) is 0. The van der Waals surface area contributed by atoms with Gasteiger partial charge in [0.15, 0.2) is 6.10 Å². The molecule has 3 rings (SSSR count). The zero-order valence-corrected chi connectivity index (χ0v) is 22.6. The number of esters is 1. The van der Waals surface area contributed by atoms with Crippen LogP contribution in [0.1, 0.15) is 46.0 Å². The Morgan fingerprint density at radius 1 is 1.33 bits per heavy atom. The Hall–Kier alpha value is -3.31. The number of carbonyl (C=O) groups is 1. The molecule has 1 atom stereocenters. The first kappa shape index (κ1) is 27.3. The molecule has 0 saturated heterocycles. The lowest BCUT2D eigenvalue weighted by molar-refractivity contribution is -0.386. The van der Waals surface area contributed by atoms with Gasteiger partial charge in [0.2, 0.25) is 5.75 Å². The second kappa shape index (κ2) is 10.8. The van der Waals surface area contributed by atoms with E-state index in [2.05, 4.69) is 26.0 Å². The quantitative estimate of drug-likeness (QED) is 0.162. The molecule has 0 aliphatic carbocycles. The maximum Gasteiger partial charge on any atom is 0.347 e. The first-order chi connectivity index (χ1) is 16.8. The zero-order chi connectivity index (χ0) is 26.8. The highest BCUT2D eigenvalue weighted by Gasteiger charge is 2.26. The van der Waals surface area contributed by atoms with Gasteiger partial charge in [-0.2, -0.15) is 9.78 Å². The van der Waals surface area contributed by atoms with Crippen LogP contribution in [-0.4, -0.2) is 39.5 Å². The molecule has 0 aliphatic rings. The van der Waals surface area contributed by atoms with Gasteiger partial charge < -0.3 is 9.47 Å². The van der Waals surface area contributed by atoms with E-state index in [9.17, 15) is 19.7 Å². The smallest absolute Gasteiger partial charge is 0.347 e. The third-order valence-electron chi connectivity index (χ3n) is 4.96. The summed E-state index contributed by atoms with van der Waals surface area (Å²) in [6.07, 6.45) is 0.163. The molecular formula is C24H24BrClN4O6. The molecule has 0 unspecified atom stereocenters. The molecule has 0 N–H and O–H groups in total. The van der Waals surface area contributed by atoms with Crippen molar-refractivity contribution < 1.29 is 19.2 Å². The Morgan fingerprint density at radius 3 is 2.64 bits per heavy atom. The van der Waals surface area contributed by atoms with E-state index >= 15 is 0 Å². The molecule has 1 aromatic heterocycles. The van der Waals surface area contributed by atoms with Gasteiger partial charge in [-0.15, -0.1) is 0 Å². The predicted octanol–water partition coefficient (Wildman–Crippen LogP) is 5.23. The van der Waals surface area contributed by atoms with E-state index in [0.717, 1.165) is 0 Å². The van der Waals surface area contributed by atoms with E-state index in [0.29, 0.717) is 21.2 Å². The topological polar surface area (TPSA) is 126 Å². The fourth-order valence-electron chi connectivity index (χ4n) is 3.28. The molecule has 2 aromatic carbocycles. The molecule has 0 saturated carbocycles. The van der Waals surface area contributed by atoms with Crippen molar-refractivity contribution in [2.45, 2.75) is 46.1 Å². The van der Waals surface area contributed by atoms with Gasteiger partial charge in [-0.25, -0.2) is 9.78 Å². The van der Waals surface area contributed by atoms with E-state index in [-0.39, 0.29) is 22.9 Å². The molecule has 3 aromatic rings. The standard InChI is InChI=1S/C24H24BrClN4O6/c1-6-35-22(32)13(2)36-20-17(26)9-14(10-19(20)30(33)34)12-27-29-21(31)16-11-15(25)7-8-18(16)28-23(29)24(3,4)5/h7-13H,6H2,1-5H3/t13-/m1/s1. The number of halogens is 2. The molecular weight excluding hydrogens is 556 g/mol. The van der Waals surface area contributed by atoms with Crippen LogP contribution >= 0.6 is 27.5 Å². The Kier molecular flexibility index (Phi) is 8.15. The van der Waals surface area contributed by atoms with Gasteiger partial charge in [0.05, 0.1) is 33.7 Å². The lowest BCUT2D eigenvalue weighted by atomic mass is 9.95. The Labute approximate surface area is 220 Å². The van der Waals surface area contributed by atoms with E-state index in [1.54, 1.807) is 25.1 Å². The van der Waals surface area contributed by atoms with E-state index in [1.165, 1.54) is 29.9 Å². The van der Waals surface area contributed by atoms with E-state index in [4.69, 9.17) is 21.1 Å². The van der Waals surface area contributed by atoms with Crippen molar-refractivity contribution in [1.29, 1.82) is 0 Å². The monoisotopic (exact) mass is 578 g/mol. The summed E-state index contributed by atoms with van der Waals surface area (Å²) >= 11 is 9.65. The maximum absolute atomic E-state index is 13.3. The van der Waals surface area contributed by atoms with Crippen LogP contribution in [0.15, 0.2) is 44.7 Å². The molecule has 0 amide bonds. The molecule has 190 valence electrons. The number of fused-ring (bicyclic) bond motifs is 1. The second-order valence-electron chi connectivity index (χ2n) is 8.83. The van der Waals surface area contributed by atoms with Crippen molar-refractivity contribution in [3.8, 4) is 5.75 Å². The molecule has 1 heterocycles. The second-order valence-corrected chi connectivity index (χ2v) is 10.2. The van der Waals surface area contributed by atoms with Gasteiger partial charge in [0, 0.05) is 21.5 Å². The highest BCUT2D eigenvalue weighted by molar-refractivity contribution is 9.10. The molecule has 0 aliphatic heterocycles. The summed E-state index contributed by atoms with van der Waals surface area (Å²) in [4.78, 5) is 40.9. The summed E-state index contributed by atoms with van der Waals surface area (Å²) < 4.78 is 12.2. The predicted molar refractivity (Wildman–Crippen MR) is 140 cm³/mol. The third kappa shape index (κ3) is 5.90. The number of hydrogen-bond donors (Lipinski definition) is 0. The third-order valence-corrected chi connectivity index (χ3v) is 5.73. The zero-order valence-electron chi connectivity index (χ0n) is 20.2. The lowest BCUT2D eigenvalue weighted by Gasteiger charge is -2.20. The molecule has 12 heteroatoms. The highest BCUT2D eigenvalue weighted by Crippen LogP contribution is 2.36. The number of hydrogen-bond acceptors (Lipinski definition) is 8. The normalized spacial score (nSPS) is 12.6. The van der Waals surface area contributed by atoms with Gasteiger partial charge in [0.25, 0.3) is 5.56 Å². The van der Waals surface area contributed by atoms with Gasteiger partial charge in [0.1, 0.15) is 5.82 Å². The number of nitro groups is 1. The lowest BCUT2D eigenvalue weighted by Crippen LogP contribution is -2.29. The first-order valence-corrected chi connectivity index (χ1v) is 12.1. The minimum absolute atomic E-state index is 0.106. The van der Waals surface area contributed by atoms with Crippen LogP contribution < -0.4 is 10.3 Å². The summed E-state index contributed by atoms with van der Waals surface area (Å²) in [5.74, 6) is -0.551. The van der Waals surface area contributed by atoms with Gasteiger partial charge in [-0.1, -0.05) is 48.3 Å². The minimum atomic E-state index is -1.11. The van der Waals surface area contributed by atoms with Crippen LogP contribution in [0.4, 0.5) is 5.69 Å². The van der Waals surface area contributed by atoms with Crippen molar-refractivity contribution in [2.75, 3.05) is 6.61 Å². The van der Waals surface area contributed by atoms with Crippen molar-refractivity contribution in [3.05, 3.63) is 71.7 Å². The average Bonchev–Trinajstić information content (AvgIpc) is 2.79. The molecule has 0 radical (unpaired) electrons. The van der Waals surface area contributed by atoms with Crippen LogP contribution in [0.2, 0.25) is 5.02 Å². The maximum atomic E-state index is 13.3. The molecule has 0 fully saturated rings. The van der Waals surface area contributed by atoms with Crippen molar-refractivity contribution in [2.24, 2.45) is 5.10 Å². The molecule has 0 bridgehead atoms. The number of rotatable bonds is 7. The number of carbonyl (C=O) groups excluding carboxylic acids is 1. The van der Waals surface area contributed by atoms with Crippen LogP contribution in [0.5, 0.6) is 5.75 Å².